The van der Waals surface area contributed by atoms with Crippen LogP contribution < -0.4 is 0 Å². The van der Waals surface area contributed by atoms with Gasteiger partial charge in [-0.2, -0.15) is 0 Å². The fraction of sp³-hybridized carbons (Fsp3) is 0.900. The van der Waals surface area contributed by atoms with Gasteiger partial charge in [-0.15, -0.1) is 0 Å². The Morgan fingerprint density at radius 2 is 1.95 bits per heavy atom. The molecular formula is C20H34O. The molecule has 1 N–H and O–H groups in total. The highest BCUT2D eigenvalue weighted by Gasteiger charge is 2.54. The molecule has 0 aromatic carbocycles. The third-order valence-electron chi connectivity index (χ3n) is 7.76. The molecule has 3 rings (SSSR count). The quantitative estimate of drug-likeness (QED) is 0.681. The zero-order valence-electron chi connectivity index (χ0n) is 14.5. The molecule has 2 saturated carbocycles. The third-order valence-corrected chi connectivity index (χ3v) is 7.76. The Labute approximate surface area is 131 Å². The number of hydrogen-bond donors (Lipinski definition) is 1. The van der Waals surface area contributed by atoms with Crippen molar-refractivity contribution in [2.24, 2.45) is 28.1 Å². The molecule has 0 radical (unpaired) electrons. The predicted octanol–water partition coefficient (Wildman–Crippen LogP) is 5.34. The second-order valence-electron chi connectivity index (χ2n) is 9.19. The van der Waals surface area contributed by atoms with Crippen LogP contribution in [0.2, 0.25) is 0 Å². The highest BCUT2D eigenvalue weighted by atomic mass is 16.3. The molecule has 0 amide bonds. The first-order valence-electron chi connectivity index (χ1n) is 9.17. The highest BCUT2D eigenvalue weighted by molar-refractivity contribution is 5.23. The van der Waals surface area contributed by atoms with Crippen molar-refractivity contribution in [1.82, 2.24) is 0 Å². The van der Waals surface area contributed by atoms with Crippen molar-refractivity contribution in [3.63, 3.8) is 0 Å². The average Bonchev–Trinajstić information content (AvgIpc) is 2.45. The summed E-state index contributed by atoms with van der Waals surface area (Å²) in [6, 6.07) is 0. The molecule has 120 valence electrons. The summed E-state index contributed by atoms with van der Waals surface area (Å²) in [5.41, 5.74) is 2.91. The Balaban J connectivity index is 1.91. The zero-order chi connectivity index (χ0) is 15.3. The molecule has 1 nitrogen and oxygen atoms in total. The van der Waals surface area contributed by atoms with Crippen LogP contribution in [0.3, 0.4) is 0 Å². The van der Waals surface area contributed by atoms with Gasteiger partial charge in [0, 0.05) is 6.61 Å². The number of allylic oxidation sites excluding steroid dienone is 2. The first-order valence-corrected chi connectivity index (χ1v) is 9.17. The van der Waals surface area contributed by atoms with Crippen LogP contribution in [-0.2, 0) is 0 Å². The van der Waals surface area contributed by atoms with E-state index in [1.54, 1.807) is 5.57 Å². The number of rotatable bonds is 2. The van der Waals surface area contributed by atoms with Crippen LogP contribution in [0.5, 0.6) is 0 Å². The molecule has 3 aliphatic carbocycles. The molecule has 0 spiro atoms. The summed E-state index contributed by atoms with van der Waals surface area (Å²) in [6.45, 7) is 10.2. The fourth-order valence-corrected chi connectivity index (χ4v) is 6.24. The van der Waals surface area contributed by atoms with E-state index in [-0.39, 0.29) is 5.41 Å². The van der Waals surface area contributed by atoms with Gasteiger partial charge in [0.2, 0.25) is 0 Å². The van der Waals surface area contributed by atoms with Gasteiger partial charge >= 0.3 is 0 Å². The van der Waals surface area contributed by atoms with Crippen LogP contribution in [0.15, 0.2) is 11.6 Å². The lowest BCUT2D eigenvalue weighted by Gasteiger charge is -2.59. The maximum atomic E-state index is 9.88. The summed E-state index contributed by atoms with van der Waals surface area (Å²) >= 11 is 0. The lowest BCUT2D eigenvalue weighted by molar-refractivity contribution is -0.0570. The Bertz CT molecular complexity index is 429. The predicted molar refractivity (Wildman–Crippen MR) is 89.1 cm³/mol. The van der Waals surface area contributed by atoms with Crippen molar-refractivity contribution < 1.29 is 5.11 Å². The Morgan fingerprint density at radius 3 is 2.62 bits per heavy atom. The molecule has 21 heavy (non-hydrogen) atoms. The minimum absolute atomic E-state index is 0.190. The standard InChI is InChI=1S/C20H34O/c1-5-20(14-21)12-9-16-15(13-20)7-8-17-18(2,3)10-6-11-19(16,17)4/h7,16-17,21H,5-6,8-14H2,1-4H3. The molecule has 0 aromatic heterocycles. The number of aliphatic hydroxyl groups is 1. The van der Waals surface area contributed by atoms with Crippen LogP contribution >= 0.6 is 0 Å². The van der Waals surface area contributed by atoms with Crippen molar-refractivity contribution >= 4 is 0 Å². The molecule has 0 heterocycles. The minimum atomic E-state index is 0.190. The lowest BCUT2D eigenvalue weighted by Crippen LogP contribution is -2.50. The normalized spacial score (nSPS) is 45.5. The van der Waals surface area contributed by atoms with E-state index in [9.17, 15) is 5.11 Å². The minimum Gasteiger partial charge on any atom is -0.396 e. The van der Waals surface area contributed by atoms with E-state index in [2.05, 4.69) is 33.8 Å². The summed E-state index contributed by atoms with van der Waals surface area (Å²) < 4.78 is 0. The van der Waals surface area contributed by atoms with E-state index in [1.807, 2.05) is 0 Å². The molecule has 4 atom stereocenters. The van der Waals surface area contributed by atoms with Gasteiger partial charge in [-0.3, -0.25) is 0 Å². The van der Waals surface area contributed by atoms with Crippen LogP contribution in [0, 0.1) is 28.1 Å². The van der Waals surface area contributed by atoms with Gasteiger partial charge in [0.05, 0.1) is 0 Å². The smallest absolute Gasteiger partial charge is 0.0490 e. The molecule has 0 aromatic rings. The largest absolute Gasteiger partial charge is 0.396 e. The number of hydrogen-bond acceptors (Lipinski definition) is 1. The maximum absolute atomic E-state index is 9.88. The van der Waals surface area contributed by atoms with E-state index < -0.39 is 0 Å². The second kappa shape index (κ2) is 5.11. The molecule has 0 aliphatic heterocycles. The van der Waals surface area contributed by atoms with Gasteiger partial charge in [0.1, 0.15) is 0 Å². The zero-order valence-corrected chi connectivity index (χ0v) is 14.5. The summed E-state index contributed by atoms with van der Waals surface area (Å²) in [4.78, 5) is 0. The SMILES string of the molecule is CCC1(CO)CCC2C(=CCC3C(C)(C)CCCC23C)C1. The van der Waals surface area contributed by atoms with Gasteiger partial charge < -0.3 is 5.11 Å². The van der Waals surface area contributed by atoms with Gasteiger partial charge in [0.15, 0.2) is 0 Å². The van der Waals surface area contributed by atoms with E-state index in [4.69, 9.17) is 0 Å². The maximum Gasteiger partial charge on any atom is 0.0490 e. The lowest BCUT2D eigenvalue weighted by atomic mass is 9.46. The van der Waals surface area contributed by atoms with Gasteiger partial charge in [0.25, 0.3) is 0 Å². The van der Waals surface area contributed by atoms with E-state index in [0.717, 1.165) is 24.7 Å². The van der Waals surface area contributed by atoms with Crippen LogP contribution in [-0.4, -0.2) is 11.7 Å². The molecule has 3 aliphatic rings. The summed E-state index contributed by atoms with van der Waals surface area (Å²) in [6.07, 6.45) is 12.9. The van der Waals surface area contributed by atoms with Crippen LogP contribution in [0.25, 0.3) is 0 Å². The number of fused-ring (bicyclic) bond motifs is 3. The van der Waals surface area contributed by atoms with Crippen molar-refractivity contribution in [2.75, 3.05) is 6.61 Å². The first kappa shape index (κ1) is 15.6. The first-order chi connectivity index (χ1) is 9.87. The monoisotopic (exact) mass is 290 g/mol. The van der Waals surface area contributed by atoms with Gasteiger partial charge in [-0.05, 0) is 73.0 Å². The van der Waals surface area contributed by atoms with E-state index in [1.165, 1.54) is 38.5 Å². The topological polar surface area (TPSA) is 20.2 Å². The summed E-state index contributed by atoms with van der Waals surface area (Å²) in [5, 5.41) is 9.88. The van der Waals surface area contributed by atoms with Crippen molar-refractivity contribution in [1.29, 1.82) is 0 Å². The van der Waals surface area contributed by atoms with Crippen molar-refractivity contribution in [3.05, 3.63) is 11.6 Å². The number of aliphatic hydroxyl groups excluding tert-OH is 1. The Kier molecular flexibility index (Phi) is 3.80. The summed E-state index contributed by atoms with van der Waals surface area (Å²) in [5.74, 6) is 1.65. The molecule has 4 unspecified atom stereocenters. The van der Waals surface area contributed by atoms with Gasteiger partial charge in [-0.1, -0.05) is 45.8 Å². The molecular weight excluding hydrogens is 256 g/mol. The van der Waals surface area contributed by atoms with Crippen molar-refractivity contribution in [3.8, 4) is 0 Å². The van der Waals surface area contributed by atoms with Crippen LogP contribution in [0.4, 0.5) is 0 Å². The summed E-state index contributed by atoms with van der Waals surface area (Å²) in [7, 11) is 0. The van der Waals surface area contributed by atoms with E-state index in [0.29, 0.717) is 17.4 Å². The fourth-order valence-electron chi connectivity index (χ4n) is 6.24. The second-order valence-corrected chi connectivity index (χ2v) is 9.19. The Hall–Kier alpha value is -0.300. The Morgan fingerprint density at radius 1 is 1.19 bits per heavy atom. The van der Waals surface area contributed by atoms with Gasteiger partial charge in [-0.25, -0.2) is 0 Å². The highest BCUT2D eigenvalue weighted by Crippen LogP contribution is 2.63. The van der Waals surface area contributed by atoms with Crippen molar-refractivity contribution in [2.45, 2.75) is 79.1 Å². The molecule has 0 bridgehead atoms. The molecule has 1 heteroatoms. The molecule has 0 saturated heterocycles. The van der Waals surface area contributed by atoms with E-state index >= 15 is 0 Å². The van der Waals surface area contributed by atoms with Crippen LogP contribution in [0.1, 0.15) is 79.1 Å². The average molecular weight is 290 g/mol. The third kappa shape index (κ3) is 2.31. The molecule has 2 fully saturated rings.